The molecule has 2 aliphatic rings. The fourth-order valence-electron chi connectivity index (χ4n) is 2.61. The summed E-state index contributed by atoms with van der Waals surface area (Å²) in [6.45, 7) is 1.39. The van der Waals surface area contributed by atoms with E-state index in [-0.39, 0.29) is 18.6 Å². The van der Waals surface area contributed by atoms with Gasteiger partial charge in [-0.25, -0.2) is 4.79 Å². The maximum atomic E-state index is 11.7. The molecule has 22 heavy (non-hydrogen) atoms. The summed E-state index contributed by atoms with van der Waals surface area (Å²) in [5, 5.41) is 2.80. The highest BCUT2D eigenvalue weighted by molar-refractivity contribution is 5.84. The highest BCUT2D eigenvalue weighted by atomic mass is 16.6. The first-order valence-corrected chi connectivity index (χ1v) is 7.86. The summed E-state index contributed by atoms with van der Waals surface area (Å²) in [5.74, 6) is -0.0972. The lowest BCUT2D eigenvalue weighted by atomic mass is 10.1. The smallest absolute Gasteiger partial charge is 0.344 e. The van der Waals surface area contributed by atoms with Crippen LogP contribution in [0.15, 0.2) is 18.2 Å². The highest BCUT2D eigenvalue weighted by Crippen LogP contribution is 2.26. The van der Waals surface area contributed by atoms with E-state index in [2.05, 4.69) is 11.4 Å². The van der Waals surface area contributed by atoms with Gasteiger partial charge in [-0.3, -0.25) is 4.79 Å². The zero-order valence-electron chi connectivity index (χ0n) is 12.8. The zero-order chi connectivity index (χ0) is 15.5. The maximum Gasteiger partial charge on any atom is 0.344 e. The molecule has 1 saturated carbocycles. The molecule has 5 heteroatoms. The molecule has 0 aromatic heterocycles. The molecule has 0 spiro atoms. The summed E-state index contributed by atoms with van der Waals surface area (Å²) in [4.78, 5) is 23.4. The van der Waals surface area contributed by atoms with Crippen LogP contribution in [0.5, 0.6) is 5.75 Å². The third-order valence-corrected chi connectivity index (χ3v) is 4.03. The van der Waals surface area contributed by atoms with E-state index >= 15 is 0 Å². The minimum atomic E-state index is -0.781. The average Bonchev–Trinajstić information content (AvgIpc) is 3.19. The van der Waals surface area contributed by atoms with Gasteiger partial charge < -0.3 is 14.8 Å². The van der Waals surface area contributed by atoms with Crippen molar-refractivity contribution < 1.29 is 19.1 Å². The van der Waals surface area contributed by atoms with E-state index in [1.807, 2.05) is 12.1 Å². The van der Waals surface area contributed by atoms with Gasteiger partial charge in [0.2, 0.25) is 0 Å². The van der Waals surface area contributed by atoms with Crippen LogP contribution < -0.4 is 10.1 Å². The monoisotopic (exact) mass is 303 g/mol. The van der Waals surface area contributed by atoms with Crippen molar-refractivity contribution in [2.75, 3.05) is 6.61 Å². The van der Waals surface area contributed by atoms with Crippen LogP contribution in [0.3, 0.4) is 0 Å². The maximum absolute atomic E-state index is 11.7. The first kappa shape index (κ1) is 14.9. The van der Waals surface area contributed by atoms with Crippen LogP contribution in [-0.4, -0.2) is 30.6 Å². The fourth-order valence-corrected chi connectivity index (χ4v) is 2.61. The summed E-state index contributed by atoms with van der Waals surface area (Å²) in [5.41, 5.74) is 2.66. The largest absolute Gasteiger partial charge is 0.482 e. The zero-order valence-corrected chi connectivity index (χ0v) is 12.8. The molecule has 0 radical (unpaired) electrons. The molecule has 1 aromatic rings. The number of hydrogen-bond donors (Lipinski definition) is 1. The van der Waals surface area contributed by atoms with Crippen LogP contribution in [0.1, 0.15) is 37.3 Å². The normalized spacial score (nSPS) is 17.5. The van der Waals surface area contributed by atoms with E-state index in [0.29, 0.717) is 5.75 Å². The minimum absolute atomic E-state index is 0.181. The van der Waals surface area contributed by atoms with Crippen LogP contribution in [0, 0.1) is 0 Å². The van der Waals surface area contributed by atoms with Crippen LogP contribution >= 0.6 is 0 Å². The van der Waals surface area contributed by atoms with E-state index in [1.165, 1.54) is 17.5 Å². The molecule has 1 amide bonds. The summed E-state index contributed by atoms with van der Waals surface area (Å²) >= 11 is 0. The Morgan fingerprint density at radius 3 is 2.82 bits per heavy atom. The van der Waals surface area contributed by atoms with Crippen molar-refractivity contribution in [2.45, 2.75) is 51.2 Å². The van der Waals surface area contributed by atoms with Gasteiger partial charge in [0, 0.05) is 6.04 Å². The highest BCUT2D eigenvalue weighted by Gasteiger charge is 2.27. The lowest BCUT2D eigenvalue weighted by Gasteiger charge is -2.13. The van der Waals surface area contributed by atoms with E-state index in [0.717, 1.165) is 25.7 Å². The Labute approximate surface area is 130 Å². The van der Waals surface area contributed by atoms with Crippen molar-refractivity contribution in [3.8, 4) is 5.75 Å². The number of carbonyl (C=O) groups is 2. The Balaban J connectivity index is 1.44. The molecule has 1 N–H and O–H groups in total. The number of ether oxygens (including phenoxy) is 2. The number of amides is 1. The second-order valence-corrected chi connectivity index (χ2v) is 5.99. The Bertz CT molecular complexity index is 580. The van der Waals surface area contributed by atoms with E-state index < -0.39 is 12.1 Å². The number of hydrogen-bond acceptors (Lipinski definition) is 4. The predicted octanol–water partition coefficient (Wildman–Crippen LogP) is 1.76. The Morgan fingerprint density at radius 1 is 1.27 bits per heavy atom. The Hall–Kier alpha value is -2.04. The molecule has 3 rings (SSSR count). The van der Waals surface area contributed by atoms with Crippen LogP contribution in [0.4, 0.5) is 0 Å². The van der Waals surface area contributed by atoms with Crippen molar-refractivity contribution in [2.24, 2.45) is 0 Å². The van der Waals surface area contributed by atoms with E-state index in [1.54, 1.807) is 6.92 Å². The van der Waals surface area contributed by atoms with E-state index in [4.69, 9.17) is 9.47 Å². The molecular weight excluding hydrogens is 282 g/mol. The molecule has 5 nitrogen and oxygen atoms in total. The van der Waals surface area contributed by atoms with E-state index in [9.17, 15) is 9.59 Å². The second-order valence-electron chi connectivity index (χ2n) is 5.99. The molecule has 0 bridgehead atoms. The van der Waals surface area contributed by atoms with Crippen LogP contribution in [-0.2, 0) is 27.2 Å². The fraction of sp³-hybridized carbons (Fsp3) is 0.529. The van der Waals surface area contributed by atoms with Gasteiger partial charge >= 0.3 is 5.97 Å². The molecule has 0 heterocycles. The number of esters is 1. The van der Waals surface area contributed by atoms with Gasteiger partial charge in [0.05, 0.1) is 0 Å². The molecule has 0 aliphatic heterocycles. The lowest BCUT2D eigenvalue weighted by Crippen LogP contribution is -2.37. The molecular formula is C17H21NO4. The first-order valence-electron chi connectivity index (χ1n) is 7.86. The molecule has 0 unspecified atom stereocenters. The second kappa shape index (κ2) is 6.38. The molecule has 0 saturated heterocycles. The van der Waals surface area contributed by atoms with Gasteiger partial charge in [0.25, 0.3) is 5.91 Å². The lowest BCUT2D eigenvalue weighted by molar-refractivity contribution is -0.156. The minimum Gasteiger partial charge on any atom is -0.482 e. The molecule has 1 atom stereocenters. The number of carbonyl (C=O) groups excluding carboxylic acids is 2. The number of nitrogens with one attached hydrogen (secondary N) is 1. The van der Waals surface area contributed by atoms with Crippen molar-refractivity contribution in [3.63, 3.8) is 0 Å². The van der Waals surface area contributed by atoms with Crippen molar-refractivity contribution >= 4 is 11.9 Å². The first-order chi connectivity index (χ1) is 10.6. The predicted molar refractivity (Wildman–Crippen MR) is 80.7 cm³/mol. The van der Waals surface area contributed by atoms with Gasteiger partial charge in [0.15, 0.2) is 12.7 Å². The third-order valence-electron chi connectivity index (χ3n) is 4.03. The summed E-state index contributed by atoms with van der Waals surface area (Å²) in [6.07, 6.45) is 4.59. The SMILES string of the molecule is C[C@H](OC(=O)COc1ccc2c(c1)CCC2)C(=O)NC1CC1. The van der Waals surface area contributed by atoms with Gasteiger partial charge in [-0.2, -0.15) is 0 Å². The van der Waals surface area contributed by atoms with Gasteiger partial charge in [-0.05, 0) is 62.3 Å². The van der Waals surface area contributed by atoms with Crippen LogP contribution in [0.2, 0.25) is 0 Å². The average molecular weight is 303 g/mol. The van der Waals surface area contributed by atoms with Gasteiger partial charge in [-0.15, -0.1) is 0 Å². The number of benzene rings is 1. The van der Waals surface area contributed by atoms with Crippen molar-refractivity contribution in [3.05, 3.63) is 29.3 Å². The van der Waals surface area contributed by atoms with Crippen molar-refractivity contribution in [1.82, 2.24) is 5.32 Å². The standard InChI is InChI=1S/C17H21NO4/c1-11(17(20)18-14-6-7-14)22-16(19)10-21-15-8-5-12-3-2-4-13(12)9-15/h5,8-9,11,14H,2-4,6-7,10H2,1H3,(H,18,20)/t11-/m0/s1. The summed E-state index contributed by atoms with van der Waals surface area (Å²) < 4.78 is 10.5. The summed E-state index contributed by atoms with van der Waals surface area (Å²) in [6, 6.07) is 6.17. The quantitative estimate of drug-likeness (QED) is 0.813. The summed E-state index contributed by atoms with van der Waals surface area (Å²) in [7, 11) is 0. The Kier molecular flexibility index (Phi) is 4.32. The number of aryl methyl sites for hydroxylation is 2. The number of rotatable bonds is 6. The van der Waals surface area contributed by atoms with Gasteiger partial charge in [-0.1, -0.05) is 6.07 Å². The topological polar surface area (TPSA) is 64.6 Å². The molecule has 1 aromatic carbocycles. The van der Waals surface area contributed by atoms with Crippen LogP contribution in [0.25, 0.3) is 0 Å². The molecule has 2 aliphatic carbocycles. The Morgan fingerprint density at radius 2 is 2.05 bits per heavy atom. The van der Waals surface area contributed by atoms with Gasteiger partial charge in [0.1, 0.15) is 5.75 Å². The third kappa shape index (κ3) is 3.78. The molecule has 1 fully saturated rings. The number of fused-ring (bicyclic) bond motifs is 1. The molecule has 118 valence electrons. The van der Waals surface area contributed by atoms with Crippen molar-refractivity contribution in [1.29, 1.82) is 0 Å².